The second-order valence-corrected chi connectivity index (χ2v) is 9.22. The molecule has 2 aromatic rings. The lowest BCUT2D eigenvalue weighted by Gasteiger charge is -2.42. The molecule has 4 unspecified atom stereocenters. The van der Waals surface area contributed by atoms with E-state index in [1.807, 2.05) is 6.92 Å². The molecule has 4 rings (SSSR count). The Morgan fingerprint density at radius 2 is 1.56 bits per heavy atom. The summed E-state index contributed by atoms with van der Waals surface area (Å²) in [6.45, 7) is -0.934. The van der Waals surface area contributed by atoms with Crippen LogP contribution in [0.3, 0.4) is 0 Å². The van der Waals surface area contributed by atoms with E-state index in [0.717, 1.165) is 50.7 Å². The molecule has 3 nitrogen and oxygen atoms in total. The van der Waals surface area contributed by atoms with Crippen molar-refractivity contribution in [1.82, 2.24) is 0 Å². The van der Waals surface area contributed by atoms with Gasteiger partial charge in [0.2, 0.25) is 0 Å². The van der Waals surface area contributed by atoms with Crippen LogP contribution < -0.4 is 9.47 Å². The highest BCUT2D eigenvalue weighted by atomic mass is 19.3. The highest BCUT2D eigenvalue weighted by molar-refractivity contribution is 5.91. The zero-order chi connectivity index (χ0) is 24.2. The predicted molar refractivity (Wildman–Crippen MR) is 120 cm³/mol. The summed E-state index contributed by atoms with van der Waals surface area (Å²) >= 11 is 0. The monoisotopic (exact) mass is 476 g/mol. The van der Waals surface area contributed by atoms with Gasteiger partial charge in [-0.15, -0.1) is 0 Å². The minimum atomic E-state index is -2.97. The lowest BCUT2D eigenvalue weighted by Crippen LogP contribution is -2.30. The van der Waals surface area contributed by atoms with Gasteiger partial charge >= 0.3 is 12.6 Å². The Morgan fingerprint density at radius 3 is 2.21 bits per heavy atom. The second kappa shape index (κ2) is 10.6. The van der Waals surface area contributed by atoms with Crippen LogP contribution in [0.4, 0.5) is 17.6 Å². The quantitative estimate of drug-likeness (QED) is 0.186. The number of carbonyl (C=O) groups is 1. The summed E-state index contributed by atoms with van der Waals surface area (Å²) in [6, 6.07) is 6.98. The van der Waals surface area contributed by atoms with Crippen molar-refractivity contribution in [2.45, 2.75) is 58.0 Å². The Morgan fingerprint density at radius 1 is 0.941 bits per heavy atom. The molecule has 7 heteroatoms. The molecule has 0 heterocycles. The molecule has 0 aromatic heterocycles. The van der Waals surface area contributed by atoms with E-state index >= 15 is 8.78 Å². The number of esters is 1. The van der Waals surface area contributed by atoms with Crippen LogP contribution in [0.25, 0.3) is 0 Å². The Balaban J connectivity index is 1.42. The minimum Gasteiger partial charge on any atom is -0.435 e. The maximum atomic E-state index is 15.0. The van der Waals surface area contributed by atoms with E-state index in [4.69, 9.17) is 4.74 Å². The van der Waals surface area contributed by atoms with Crippen LogP contribution in [-0.2, 0) is 0 Å². The summed E-state index contributed by atoms with van der Waals surface area (Å²) in [6.07, 6.45) is 10.2. The lowest BCUT2D eigenvalue weighted by molar-refractivity contribution is -0.0498. The first kappa shape index (κ1) is 24.3. The lowest BCUT2D eigenvalue weighted by atomic mass is 9.63. The maximum Gasteiger partial charge on any atom is 0.387 e. The minimum absolute atomic E-state index is 0.0448. The van der Waals surface area contributed by atoms with Gasteiger partial charge in [0, 0.05) is 5.56 Å². The molecule has 0 amide bonds. The number of hydrogen-bond donors (Lipinski definition) is 0. The van der Waals surface area contributed by atoms with Crippen molar-refractivity contribution < 1.29 is 31.8 Å². The highest BCUT2D eigenvalue weighted by Gasteiger charge is 2.37. The number of allylic oxidation sites excluding steroid dienone is 2. The molecule has 4 atom stereocenters. The van der Waals surface area contributed by atoms with Gasteiger partial charge in [-0.2, -0.15) is 8.78 Å². The highest BCUT2D eigenvalue weighted by Crippen LogP contribution is 2.48. The smallest absolute Gasteiger partial charge is 0.387 e. The van der Waals surface area contributed by atoms with E-state index < -0.39 is 24.2 Å². The molecule has 0 radical (unpaired) electrons. The summed E-state index contributed by atoms with van der Waals surface area (Å²) in [5.41, 5.74) is -0.189. The van der Waals surface area contributed by atoms with Gasteiger partial charge in [0.25, 0.3) is 0 Å². The van der Waals surface area contributed by atoms with E-state index in [9.17, 15) is 13.6 Å². The third-order valence-corrected chi connectivity index (χ3v) is 7.10. The number of halogens is 4. The van der Waals surface area contributed by atoms with Crippen LogP contribution in [0, 0.1) is 29.4 Å². The van der Waals surface area contributed by atoms with E-state index in [2.05, 4.69) is 16.9 Å². The molecule has 2 aliphatic rings. The van der Waals surface area contributed by atoms with Crippen LogP contribution in [0.2, 0.25) is 0 Å². The summed E-state index contributed by atoms with van der Waals surface area (Å²) < 4.78 is 63.9. The van der Waals surface area contributed by atoms with Gasteiger partial charge in [-0.1, -0.05) is 12.2 Å². The number of fused-ring (bicyclic) bond motifs is 1. The van der Waals surface area contributed by atoms with Crippen molar-refractivity contribution in [3.63, 3.8) is 0 Å². The zero-order valence-corrected chi connectivity index (χ0v) is 19.0. The van der Waals surface area contributed by atoms with E-state index in [-0.39, 0.29) is 28.5 Å². The molecule has 0 N–H and O–H groups in total. The predicted octanol–water partition coefficient (Wildman–Crippen LogP) is 7.66. The summed E-state index contributed by atoms with van der Waals surface area (Å²) in [7, 11) is 0. The van der Waals surface area contributed by atoms with E-state index in [0.29, 0.717) is 17.8 Å². The third-order valence-electron chi connectivity index (χ3n) is 7.10. The van der Waals surface area contributed by atoms with Gasteiger partial charge in [0.15, 0.2) is 0 Å². The Hall–Kier alpha value is -2.83. The van der Waals surface area contributed by atoms with E-state index in [1.165, 1.54) is 24.3 Å². The average Bonchev–Trinajstić information content (AvgIpc) is 2.79. The first-order valence-electron chi connectivity index (χ1n) is 11.7. The van der Waals surface area contributed by atoms with Crippen LogP contribution in [0.5, 0.6) is 11.5 Å². The summed E-state index contributed by atoms with van der Waals surface area (Å²) in [4.78, 5) is 12.4. The number of rotatable bonds is 6. The topological polar surface area (TPSA) is 35.5 Å². The molecule has 2 aromatic carbocycles. The molecule has 0 aliphatic heterocycles. The SMILES string of the molecule is C/C=C/C1CCC2CC(c3c(F)cc(C(=O)Oc4ccc(OC(F)F)cc4)cc3F)CCC2C1. The third kappa shape index (κ3) is 5.62. The Bertz CT molecular complexity index is 1010. The number of alkyl halides is 2. The van der Waals surface area contributed by atoms with Crippen LogP contribution in [-0.4, -0.2) is 12.6 Å². The van der Waals surface area contributed by atoms with Crippen molar-refractivity contribution >= 4 is 5.97 Å². The van der Waals surface area contributed by atoms with Crippen molar-refractivity contribution in [3.05, 3.63) is 71.3 Å². The van der Waals surface area contributed by atoms with Crippen LogP contribution >= 0.6 is 0 Å². The van der Waals surface area contributed by atoms with Gasteiger partial charge in [-0.25, -0.2) is 13.6 Å². The number of benzene rings is 2. The Labute approximate surface area is 196 Å². The van der Waals surface area contributed by atoms with Crippen molar-refractivity contribution in [1.29, 1.82) is 0 Å². The summed E-state index contributed by atoms with van der Waals surface area (Å²) in [5, 5.41) is 0. The molecule has 2 fully saturated rings. The van der Waals surface area contributed by atoms with E-state index in [1.54, 1.807) is 0 Å². The molecule has 0 saturated heterocycles. The van der Waals surface area contributed by atoms with Crippen LogP contribution in [0.1, 0.15) is 67.3 Å². The molecule has 0 bridgehead atoms. The second-order valence-electron chi connectivity index (χ2n) is 9.22. The van der Waals surface area contributed by atoms with Gasteiger partial charge in [0.05, 0.1) is 5.56 Å². The molecule has 2 aliphatic carbocycles. The average molecular weight is 477 g/mol. The fraction of sp³-hybridized carbons (Fsp3) is 0.444. The number of carbonyl (C=O) groups excluding carboxylic acids is 1. The standard InChI is InChI=1S/C27H28F4O3/c1-2-3-16-4-5-18-13-19(7-6-17(18)12-16)25-23(28)14-20(15-24(25)29)26(32)33-21-8-10-22(11-9-21)34-27(30)31/h2-3,8-11,14-19,27H,4-7,12-13H2,1H3/b3-2+. The van der Waals surface area contributed by atoms with Gasteiger partial charge in [0.1, 0.15) is 23.1 Å². The van der Waals surface area contributed by atoms with Crippen molar-refractivity contribution in [2.24, 2.45) is 17.8 Å². The van der Waals surface area contributed by atoms with Gasteiger partial charge in [-0.3, -0.25) is 0 Å². The first-order chi connectivity index (χ1) is 16.3. The van der Waals surface area contributed by atoms with Gasteiger partial charge < -0.3 is 9.47 Å². The maximum absolute atomic E-state index is 15.0. The fourth-order valence-electron chi connectivity index (χ4n) is 5.58. The molecule has 0 spiro atoms. The summed E-state index contributed by atoms with van der Waals surface area (Å²) in [5.74, 6) is -0.980. The molecular formula is C27H28F4O3. The number of hydrogen-bond acceptors (Lipinski definition) is 3. The molecule has 2 saturated carbocycles. The fourth-order valence-corrected chi connectivity index (χ4v) is 5.58. The van der Waals surface area contributed by atoms with Crippen molar-refractivity contribution in [3.8, 4) is 11.5 Å². The largest absolute Gasteiger partial charge is 0.435 e. The normalized spacial score (nSPS) is 24.8. The van der Waals surface area contributed by atoms with Crippen molar-refractivity contribution in [2.75, 3.05) is 0 Å². The zero-order valence-electron chi connectivity index (χ0n) is 19.0. The molecule has 34 heavy (non-hydrogen) atoms. The van der Waals surface area contributed by atoms with Gasteiger partial charge in [-0.05, 0) is 106 Å². The first-order valence-corrected chi connectivity index (χ1v) is 11.7. The molecule has 182 valence electrons. The number of ether oxygens (including phenoxy) is 2. The van der Waals surface area contributed by atoms with Crippen LogP contribution in [0.15, 0.2) is 48.6 Å². The Kier molecular flexibility index (Phi) is 7.59. The molecular weight excluding hydrogens is 448 g/mol.